The van der Waals surface area contributed by atoms with Crippen LogP contribution in [0.25, 0.3) is 0 Å². The van der Waals surface area contributed by atoms with Crippen molar-refractivity contribution < 1.29 is 23.1 Å². The minimum absolute atomic E-state index is 0.0729. The number of hydrogen-bond donors (Lipinski definition) is 1. The normalized spacial score (nSPS) is 11.2. The van der Waals surface area contributed by atoms with Crippen LogP contribution in [0.1, 0.15) is 12.0 Å². The Balaban J connectivity index is 3.25. The quantitative estimate of drug-likeness (QED) is 0.855. The molecule has 17 heavy (non-hydrogen) atoms. The van der Waals surface area contributed by atoms with Crippen LogP contribution < -0.4 is 4.74 Å². The Bertz CT molecular complexity index is 519. The predicted molar refractivity (Wildman–Crippen MR) is 62.1 cm³/mol. The summed E-state index contributed by atoms with van der Waals surface area (Å²) < 4.78 is 28.3. The van der Waals surface area contributed by atoms with Crippen molar-refractivity contribution in [2.45, 2.75) is 17.7 Å². The van der Waals surface area contributed by atoms with E-state index in [0.717, 1.165) is 6.26 Å². The molecule has 0 aliphatic carbocycles. The van der Waals surface area contributed by atoms with Crippen LogP contribution in [0.15, 0.2) is 23.1 Å². The van der Waals surface area contributed by atoms with Gasteiger partial charge in [0.05, 0.1) is 7.11 Å². The van der Waals surface area contributed by atoms with Gasteiger partial charge in [-0.25, -0.2) is 8.42 Å². The molecule has 0 aliphatic heterocycles. The second kappa shape index (κ2) is 5.18. The van der Waals surface area contributed by atoms with E-state index >= 15 is 0 Å². The van der Waals surface area contributed by atoms with Gasteiger partial charge in [-0.1, -0.05) is 12.1 Å². The van der Waals surface area contributed by atoms with Crippen LogP contribution in [0.4, 0.5) is 0 Å². The third-order valence-corrected chi connectivity index (χ3v) is 3.46. The number of aryl methyl sites for hydroxylation is 1. The molecular formula is C11H14O5S. The second-order valence-corrected chi connectivity index (χ2v) is 5.57. The standard InChI is InChI=1S/C11H14O5S/c1-16-9-5-3-4-8(6-7-10(12)13)11(9)17(2,14)15/h3-5H,6-7H2,1-2H3,(H,12,13). The number of methoxy groups -OCH3 is 1. The van der Waals surface area contributed by atoms with Crippen molar-refractivity contribution in [3.63, 3.8) is 0 Å². The highest BCUT2D eigenvalue weighted by molar-refractivity contribution is 7.90. The van der Waals surface area contributed by atoms with E-state index < -0.39 is 15.8 Å². The minimum Gasteiger partial charge on any atom is -0.495 e. The van der Waals surface area contributed by atoms with Gasteiger partial charge in [0.2, 0.25) is 0 Å². The Hall–Kier alpha value is -1.56. The average Bonchev–Trinajstić information content (AvgIpc) is 2.24. The zero-order valence-electron chi connectivity index (χ0n) is 9.63. The van der Waals surface area contributed by atoms with Gasteiger partial charge in [0.25, 0.3) is 0 Å². The number of sulfone groups is 1. The first-order valence-corrected chi connectivity index (χ1v) is 6.83. The monoisotopic (exact) mass is 258 g/mol. The molecule has 0 aliphatic rings. The lowest BCUT2D eigenvalue weighted by Gasteiger charge is -2.11. The molecule has 0 spiro atoms. The Morgan fingerprint density at radius 3 is 2.53 bits per heavy atom. The van der Waals surface area contributed by atoms with Crippen LogP contribution in [-0.2, 0) is 21.1 Å². The number of hydrogen-bond acceptors (Lipinski definition) is 4. The van der Waals surface area contributed by atoms with E-state index in [-0.39, 0.29) is 23.5 Å². The first kappa shape index (κ1) is 13.5. The van der Waals surface area contributed by atoms with Crippen molar-refractivity contribution in [3.8, 4) is 5.75 Å². The number of rotatable bonds is 5. The lowest BCUT2D eigenvalue weighted by atomic mass is 10.1. The van der Waals surface area contributed by atoms with Crippen molar-refractivity contribution in [1.29, 1.82) is 0 Å². The fourth-order valence-electron chi connectivity index (χ4n) is 1.58. The maximum Gasteiger partial charge on any atom is 0.303 e. The summed E-state index contributed by atoms with van der Waals surface area (Å²) in [5.41, 5.74) is 0.467. The van der Waals surface area contributed by atoms with E-state index in [4.69, 9.17) is 9.84 Å². The van der Waals surface area contributed by atoms with Gasteiger partial charge in [-0.2, -0.15) is 0 Å². The van der Waals surface area contributed by atoms with E-state index in [2.05, 4.69) is 0 Å². The summed E-state index contributed by atoms with van der Waals surface area (Å²) in [7, 11) is -2.06. The molecule has 0 amide bonds. The van der Waals surface area contributed by atoms with Crippen LogP contribution in [-0.4, -0.2) is 32.9 Å². The van der Waals surface area contributed by atoms with Gasteiger partial charge in [-0.15, -0.1) is 0 Å². The maximum atomic E-state index is 11.7. The molecule has 5 nitrogen and oxygen atoms in total. The Kier molecular flexibility index (Phi) is 4.11. The lowest BCUT2D eigenvalue weighted by Crippen LogP contribution is -2.07. The highest BCUT2D eigenvalue weighted by Gasteiger charge is 2.19. The van der Waals surface area contributed by atoms with Crippen molar-refractivity contribution in [3.05, 3.63) is 23.8 Å². The summed E-state index contributed by atoms with van der Waals surface area (Å²) in [5, 5.41) is 8.61. The fourth-order valence-corrected chi connectivity index (χ4v) is 2.74. The lowest BCUT2D eigenvalue weighted by molar-refractivity contribution is -0.136. The number of ether oxygens (including phenoxy) is 1. The molecule has 6 heteroatoms. The van der Waals surface area contributed by atoms with Gasteiger partial charge in [0.15, 0.2) is 9.84 Å². The van der Waals surface area contributed by atoms with Gasteiger partial charge in [-0.3, -0.25) is 4.79 Å². The van der Waals surface area contributed by atoms with Gasteiger partial charge in [0, 0.05) is 12.7 Å². The second-order valence-electron chi connectivity index (χ2n) is 3.61. The molecule has 0 saturated carbocycles. The predicted octanol–water partition coefficient (Wildman–Crippen LogP) is 1.12. The fraction of sp³-hybridized carbons (Fsp3) is 0.364. The first-order chi connectivity index (χ1) is 7.86. The van der Waals surface area contributed by atoms with Crippen molar-refractivity contribution in [1.82, 2.24) is 0 Å². The van der Waals surface area contributed by atoms with E-state index in [1.807, 2.05) is 0 Å². The van der Waals surface area contributed by atoms with Crippen LogP contribution >= 0.6 is 0 Å². The molecule has 1 aromatic rings. The third-order valence-electron chi connectivity index (χ3n) is 2.26. The summed E-state index contributed by atoms with van der Waals surface area (Å²) in [4.78, 5) is 10.6. The molecule has 0 heterocycles. The number of benzene rings is 1. The van der Waals surface area contributed by atoms with E-state index in [1.54, 1.807) is 18.2 Å². The van der Waals surface area contributed by atoms with Crippen LogP contribution in [0.2, 0.25) is 0 Å². The average molecular weight is 258 g/mol. The summed E-state index contributed by atoms with van der Waals surface area (Å²) in [6, 6.07) is 4.78. The van der Waals surface area contributed by atoms with Gasteiger partial charge in [-0.05, 0) is 18.1 Å². The van der Waals surface area contributed by atoms with Crippen molar-refractivity contribution in [2.24, 2.45) is 0 Å². The zero-order valence-corrected chi connectivity index (χ0v) is 10.5. The number of carboxylic acid groups (broad SMARTS) is 1. The molecule has 0 bridgehead atoms. The molecule has 94 valence electrons. The molecule has 1 aromatic carbocycles. The van der Waals surface area contributed by atoms with Gasteiger partial charge < -0.3 is 9.84 Å². The Labute approximate surface area is 100.0 Å². The summed E-state index contributed by atoms with van der Waals surface area (Å²) >= 11 is 0. The number of carboxylic acids is 1. The Morgan fingerprint density at radius 2 is 2.06 bits per heavy atom. The topological polar surface area (TPSA) is 80.7 Å². The summed E-state index contributed by atoms with van der Waals surface area (Å²) in [6.07, 6.45) is 1.12. The zero-order chi connectivity index (χ0) is 13.1. The van der Waals surface area contributed by atoms with Crippen LogP contribution in [0.3, 0.4) is 0 Å². The van der Waals surface area contributed by atoms with Gasteiger partial charge in [0.1, 0.15) is 10.6 Å². The van der Waals surface area contributed by atoms with Crippen LogP contribution in [0.5, 0.6) is 5.75 Å². The smallest absolute Gasteiger partial charge is 0.303 e. The SMILES string of the molecule is COc1cccc(CCC(=O)O)c1S(C)(=O)=O. The Morgan fingerprint density at radius 1 is 1.41 bits per heavy atom. The highest BCUT2D eigenvalue weighted by Crippen LogP contribution is 2.28. The minimum atomic E-state index is -3.44. The van der Waals surface area contributed by atoms with Gasteiger partial charge >= 0.3 is 5.97 Å². The molecule has 1 N–H and O–H groups in total. The molecule has 1 rings (SSSR count). The molecule has 0 saturated heterocycles. The molecule has 0 radical (unpaired) electrons. The molecular weight excluding hydrogens is 244 g/mol. The van der Waals surface area contributed by atoms with E-state index in [1.165, 1.54) is 7.11 Å². The first-order valence-electron chi connectivity index (χ1n) is 4.94. The van der Waals surface area contributed by atoms with E-state index in [0.29, 0.717) is 5.56 Å². The van der Waals surface area contributed by atoms with Crippen molar-refractivity contribution in [2.75, 3.05) is 13.4 Å². The number of aliphatic carboxylic acids is 1. The molecule has 0 unspecified atom stereocenters. The third kappa shape index (κ3) is 3.45. The van der Waals surface area contributed by atoms with Crippen molar-refractivity contribution >= 4 is 15.8 Å². The molecule has 0 aromatic heterocycles. The summed E-state index contributed by atoms with van der Waals surface area (Å²) in [5.74, 6) is -0.720. The highest BCUT2D eigenvalue weighted by atomic mass is 32.2. The number of carbonyl (C=O) groups is 1. The van der Waals surface area contributed by atoms with Crippen LogP contribution in [0, 0.1) is 0 Å². The molecule has 0 atom stereocenters. The largest absolute Gasteiger partial charge is 0.495 e. The summed E-state index contributed by atoms with van der Waals surface area (Å²) in [6.45, 7) is 0. The van der Waals surface area contributed by atoms with E-state index in [9.17, 15) is 13.2 Å². The molecule has 0 fully saturated rings. The maximum absolute atomic E-state index is 11.7.